The molecule has 0 amide bonds. The van der Waals surface area contributed by atoms with Crippen molar-refractivity contribution in [2.24, 2.45) is 5.92 Å². The minimum atomic E-state index is -0.405. The van der Waals surface area contributed by atoms with Crippen LogP contribution >= 0.6 is 0 Å². The normalized spacial score (nSPS) is 11.2. The van der Waals surface area contributed by atoms with Crippen LogP contribution in [-0.2, 0) is 11.2 Å². The summed E-state index contributed by atoms with van der Waals surface area (Å²) in [6.45, 7) is 8.39. The smallest absolute Gasteiger partial charge is 0.358 e. The highest BCUT2D eigenvalue weighted by atomic mass is 16.5. The Morgan fingerprint density at radius 3 is 2.79 bits per heavy atom. The minimum absolute atomic E-state index is 0.305. The van der Waals surface area contributed by atoms with Gasteiger partial charge in [-0.25, -0.2) is 14.3 Å². The quantitative estimate of drug-likeness (QED) is 0.793. The Morgan fingerprint density at radius 2 is 2.16 bits per heavy atom. The molecule has 0 saturated carbocycles. The highest BCUT2D eigenvalue weighted by Crippen LogP contribution is 2.13. The van der Waals surface area contributed by atoms with E-state index in [0.717, 1.165) is 17.8 Å². The van der Waals surface area contributed by atoms with Gasteiger partial charge in [-0.05, 0) is 32.3 Å². The number of ether oxygens (including phenoxy) is 1. The van der Waals surface area contributed by atoms with Gasteiger partial charge in [-0.2, -0.15) is 5.10 Å². The predicted molar refractivity (Wildman–Crippen MR) is 72.2 cm³/mol. The first-order valence-corrected chi connectivity index (χ1v) is 6.54. The molecule has 5 heteroatoms. The molecular weight excluding hydrogens is 242 g/mol. The SMILES string of the molecule is CCOC(=O)c1cc2nc(CC(C)C)cc(C)n2n1. The van der Waals surface area contributed by atoms with Gasteiger partial charge in [0.05, 0.1) is 6.61 Å². The summed E-state index contributed by atoms with van der Waals surface area (Å²) in [5.41, 5.74) is 2.99. The lowest BCUT2D eigenvalue weighted by atomic mass is 10.1. The van der Waals surface area contributed by atoms with Gasteiger partial charge >= 0.3 is 5.97 Å². The second-order valence-corrected chi connectivity index (χ2v) is 5.01. The van der Waals surface area contributed by atoms with Crippen molar-refractivity contribution in [3.8, 4) is 0 Å². The number of esters is 1. The standard InChI is InChI=1S/C14H19N3O2/c1-5-19-14(18)12-8-13-15-11(6-9(2)3)7-10(4)17(13)16-12/h7-9H,5-6H2,1-4H3. The molecule has 0 aliphatic rings. The third-order valence-corrected chi connectivity index (χ3v) is 2.76. The lowest BCUT2D eigenvalue weighted by Gasteiger charge is -2.06. The third kappa shape index (κ3) is 2.92. The van der Waals surface area contributed by atoms with Crippen LogP contribution in [0.5, 0.6) is 0 Å². The van der Waals surface area contributed by atoms with Crippen molar-refractivity contribution in [2.75, 3.05) is 6.61 Å². The van der Waals surface area contributed by atoms with E-state index in [4.69, 9.17) is 4.74 Å². The summed E-state index contributed by atoms with van der Waals surface area (Å²) in [5, 5.41) is 4.23. The summed E-state index contributed by atoms with van der Waals surface area (Å²) in [6.07, 6.45) is 0.914. The van der Waals surface area contributed by atoms with Gasteiger partial charge in [0.2, 0.25) is 0 Å². The van der Waals surface area contributed by atoms with Gasteiger partial charge in [0.25, 0.3) is 0 Å². The van der Waals surface area contributed by atoms with Crippen LogP contribution in [0.2, 0.25) is 0 Å². The zero-order valence-electron chi connectivity index (χ0n) is 11.8. The number of rotatable bonds is 4. The molecule has 2 aromatic rings. The van der Waals surface area contributed by atoms with Gasteiger partial charge in [-0.1, -0.05) is 13.8 Å². The zero-order valence-corrected chi connectivity index (χ0v) is 11.8. The summed E-state index contributed by atoms with van der Waals surface area (Å²) < 4.78 is 6.63. The molecule has 2 aromatic heterocycles. The number of aryl methyl sites for hydroxylation is 1. The topological polar surface area (TPSA) is 56.5 Å². The second-order valence-electron chi connectivity index (χ2n) is 5.01. The Kier molecular flexibility index (Phi) is 3.83. The predicted octanol–water partition coefficient (Wildman–Crippen LogP) is 2.41. The number of fused-ring (bicyclic) bond motifs is 1. The minimum Gasteiger partial charge on any atom is -0.461 e. The van der Waals surface area contributed by atoms with Crippen LogP contribution in [0.25, 0.3) is 5.65 Å². The molecular formula is C14H19N3O2. The second kappa shape index (κ2) is 5.38. The zero-order chi connectivity index (χ0) is 14.0. The van der Waals surface area contributed by atoms with E-state index in [0.29, 0.717) is 23.9 Å². The first-order chi connectivity index (χ1) is 9.01. The number of hydrogen-bond donors (Lipinski definition) is 0. The van der Waals surface area contributed by atoms with E-state index in [-0.39, 0.29) is 0 Å². The molecule has 0 N–H and O–H groups in total. The number of aromatic nitrogens is 3. The fraction of sp³-hybridized carbons (Fsp3) is 0.500. The average molecular weight is 261 g/mol. The lowest BCUT2D eigenvalue weighted by molar-refractivity contribution is 0.0519. The molecule has 2 heterocycles. The van der Waals surface area contributed by atoms with Gasteiger partial charge in [-0.15, -0.1) is 0 Å². The highest BCUT2D eigenvalue weighted by Gasteiger charge is 2.14. The summed E-state index contributed by atoms with van der Waals surface area (Å²) >= 11 is 0. The van der Waals surface area contributed by atoms with Gasteiger partial charge in [0.1, 0.15) is 0 Å². The Hall–Kier alpha value is -1.91. The van der Waals surface area contributed by atoms with Crippen LogP contribution in [0.1, 0.15) is 42.6 Å². The molecule has 0 aromatic carbocycles. The molecule has 0 unspecified atom stereocenters. The van der Waals surface area contributed by atoms with Crippen LogP contribution in [0.15, 0.2) is 12.1 Å². The summed E-state index contributed by atoms with van der Waals surface area (Å²) in [4.78, 5) is 16.2. The first kappa shape index (κ1) is 13.5. The Balaban J connectivity index is 2.41. The molecule has 0 radical (unpaired) electrons. The molecule has 19 heavy (non-hydrogen) atoms. The third-order valence-electron chi connectivity index (χ3n) is 2.76. The molecule has 0 fully saturated rings. The van der Waals surface area contributed by atoms with E-state index >= 15 is 0 Å². The van der Waals surface area contributed by atoms with Gasteiger partial charge in [0.15, 0.2) is 11.3 Å². The van der Waals surface area contributed by atoms with Gasteiger partial charge < -0.3 is 4.74 Å². The number of carbonyl (C=O) groups excluding carboxylic acids is 1. The van der Waals surface area contributed by atoms with Crippen molar-refractivity contribution < 1.29 is 9.53 Å². The number of nitrogens with zero attached hydrogens (tertiary/aromatic N) is 3. The maximum absolute atomic E-state index is 11.7. The van der Waals surface area contributed by atoms with Crippen molar-refractivity contribution in [3.63, 3.8) is 0 Å². The van der Waals surface area contributed by atoms with Crippen LogP contribution in [-0.4, -0.2) is 27.2 Å². The fourth-order valence-corrected chi connectivity index (χ4v) is 2.02. The molecule has 2 rings (SSSR count). The van der Waals surface area contributed by atoms with E-state index in [2.05, 4.69) is 23.9 Å². The van der Waals surface area contributed by atoms with Crippen LogP contribution < -0.4 is 0 Å². The van der Waals surface area contributed by atoms with Gasteiger partial charge in [0, 0.05) is 17.5 Å². The molecule has 0 atom stereocenters. The maximum atomic E-state index is 11.7. The highest BCUT2D eigenvalue weighted by molar-refractivity contribution is 5.88. The van der Waals surface area contributed by atoms with E-state index in [1.165, 1.54) is 0 Å². The van der Waals surface area contributed by atoms with E-state index in [1.54, 1.807) is 17.5 Å². The van der Waals surface area contributed by atoms with E-state index in [1.807, 2.05) is 13.0 Å². The molecule has 0 aliphatic carbocycles. The van der Waals surface area contributed by atoms with Crippen LogP contribution in [0.4, 0.5) is 0 Å². The van der Waals surface area contributed by atoms with Crippen molar-refractivity contribution >= 4 is 11.6 Å². The van der Waals surface area contributed by atoms with E-state index in [9.17, 15) is 4.79 Å². The van der Waals surface area contributed by atoms with Gasteiger partial charge in [-0.3, -0.25) is 0 Å². The van der Waals surface area contributed by atoms with Crippen molar-refractivity contribution in [1.29, 1.82) is 0 Å². The first-order valence-electron chi connectivity index (χ1n) is 6.54. The Bertz CT molecular complexity index is 602. The lowest BCUT2D eigenvalue weighted by Crippen LogP contribution is -2.06. The molecule has 102 valence electrons. The van der Waals surface area contributed by atoms with Crippen molar-refractivity contribution in [2.45, 2.75) is 34.1 Å². The van der Waals surface area contributed by atoms with Crippen molar-refractivity contribution in [1.82, 2.24) is 14.6 Å². The molecule has 0 bridgehead atoms. The van der Waals surface area contributed by atoms with E-state index < -0.39 is 5.97 Å². The molecule has 0 spiro atoms. The average Bonchev–Trinajstić information content (AvgIpc) is 2.72. The van der Waals surface area contributed by atoms with Crippen LogP contribution in [0, 0.1) is 12.8 Å². The summed E-state index contributed by atoms with van der Waals surface area (Å²) in [6, 6.07) is 3.68. The fourth-order valence-electron chi connectivity index (χ4n) is 2.02. The Labute approximate surface area is 112 Å². The van der Waals surface area contributed by atoms with Crippen LogP contribution in [0.3, 0.4) is 0 Å². The number of hydrogen-bond acceptors (Lipinski definition) is 4. The summed E-state index contributed by atoms with van der Waals surface area (Å²) in [7, 11) is 0. The maximum Gasteiger partial charge on any atom is 0.358 e. The summed E-state index contributed by atoms with van der Waals surface area (Å²) in [5.74, 6) is 0.139. The number of carbonyl (C=O) groups is 1. The molecule has 5 nitrogen and oxygen atoms in total. The van der Waals surface area contributed by atoms with Crippen molar-refractivity contribution in [3.05, 3.63) is 29.2 Å². The Morgan fingerprint density at radius 1 is 1.42 bits per heavy atom. The molecule has 0 aliphatic heterocycles. The molecule has 0 saturated heterocycles. The monoisotopic (exact) mass is 261 g/mol. The largest absolute Gasteiger partial charge is 0.461 e.